The van der Waals surface area contributed by atoms with Crippen molar-refractivity contribution in [2.45, 2.75) is 50.6 Å². The summed E-state index contributed by atoms with van der Waals surface area (Å²) in [6, 6.07) is 10.0. The van der Waals surface area contributed by atoms with Gasteiger partial charge in [-0.15, -0.1) is 0 Å². The van der Waals surface area contributed by atoms with Gasteiger partial charge in [0.25, 0.3) is 0 Å². The Balaban J connectivity index is 1.80. The van der Waals surface area contributed by atoms with Gasteiger partial charge in [0, 0.05) is 12.1 Å². The van der Waals surface area contributed by atoms with Crippen LogP contribution >= 0.6 is 0 Å². The predicted molar refractivity (Wildman–Crippen MR) is 78.5 cm³/mol. The van der Waals surface area contributed by atoms with E-state index in [0.29, 0.717) is 6.04 Å². The van der Waals surface area contributed by atoms with E-state index in [1.807, 2.05) is 6.07 Å². The second kappa shape index (κ2) is 5.54. The number of likely N-dealkylation sites (tertiary alicyclic amines) is 1. The first-order chi connectivity index (χ1) is 9.29. The molecule has 3 unspecified atom stereocenters. The number of methoxy groups -OCH3 is 1. The van der Waals surface area contributed by atoms with Gasteiger partial charge in [-0.05, 0) is 56.3 Å². The number of benzene rings is 1. The van der Waals surface area contributed by atoms with E-state index in [0.717, 1.165) is 17.7 Å². The molecule has 2 fully saturated rings. The van der Waals surface area contributed by atoms with Gasteiger partial charge in [-0.1, -0.05) is 25.0 Å². The van der Waals surface area contributed by atoms with Gasteiger partial charge in [-0.25, -0.2) is 0 Å². The summed E-state index contributed by atoms with van der Waals surface area (Å²) in [5.41, 5.74) is 1.42. The van der Waals surface area contributed by atoms with E-state index in [1.165, 1.54) is 44.1 Å². The minimum Gasteiger partial charge on any atom is -0.497 e. The van der Waals surface area contributed by atoms with Crippen LogP contribution in [0, 0.1) is 5.92 Å². The highest BCUT2D eigenvalue weighted by Crippen LogP contribution is 2.42. The zero-order valence-corrected chi connectivity index (χ0v) is 12.1. The van der Waals surface area contributed by atoms with Gasteiger partial charge in [0.1, 0.15) is 5.75 Å². The second-order valence-corrected chi connectivity index (χ2v) is 6.15. The number of hydrogen-bond acceptors (Lipinski definition) is 2. The largest absolute Gasteiger partial charge is 0.497 e. The Morgan fingerprint density at radius 1 is 1.11 bits per heavy atom. The average Bonchev–Trinajstić information content (AvgIpc) is 2.48. The summed E-state index contributed by atoms with van der Waals surface area (Å²) < 4.78 is 5.37. The summed E-state index contributed by atoms with van der Waals surface area (Å²) in [6.07, 6.45) is 8.39. The van der Waals surface area contributed by atoms with Crippen LogP contribution in [0.25, 0.3) is 0 Å². The molecular formula is C17H25NO. The molecule has 0 amide bonds. The first-order valence-corrected chi connectivity index (χ1v) is 7.65. The van der Waals surface area contributed by atoms with E-state index in [2.05, 4.69) is 30.1 Å². The van der Waals surface area contributed by atoms with Crippen LogP contribution in [0.2, 0.25) is 0 Å². The fraction of sp³-hybridized carbons (Fsp3) is 0.647. The molecule has 1 heterocycles. The maximum atomic E-state index is 5.37. The molecule has 1 saturated carbocycles. The van der Waals surface area contributed by atoms with Crippen molar-refractivity contribution in [3.63, 3.8) is 0 Å². The maximum absolute atomic E-state index is 5.37. The topological polar surface area (TPSA) is 12.5 Å². The third-order valence-electron chi connectivity index (χ3n) is 5.17. The highest BCUT2D eigenvalue weighted by molar-refractivity contribution is 5.31. The summed E-state index contributed by atoms with van der Waals surface area (Å²) in [5.74, 6) is 1.93. The second-order valence-electron chi connectivity index (χ2n) is 6.15. The average molecular weight is 259 g/mol. The van der Waals surface area contributed by atoms with Crippen molar-refractivity contribution in [3.05, 3.63) is 29.8 Å². The molecule has 104 valence electrons. The molecule has 19 heavy (non-hydrogen) atoms. The monoisotopic (exact) mass is 259 g/mol. The zero-order chi connectivity index (χ0) is 13.2. The SMILES string of the molecule is COc1cccc(C2CCC3CCCCC3N2C)c1. The highest BCUT2D eigenvalue weighted by atomic mass is 16.5. The molecule has 1 aromatic rings. The van der Waals surface area contributed by atoms with Crippen molar-refractivity contribution in [2.24, 2.45) is 5.92 Å². The van der Waals surface area contributed by atoms with E-state index in [4.69, 9.17) is 4.74 Å². The molecular weight excluding hydrogens is 234 g/mol. The van der Waals surface area contributed by atoms with E-state index in [1.54, 1.807) is 7.11 Å². The van der Waals surface area contributed by atoms with E-state index in [9.17, 15) is 0 Å². The molecule has 0 bridgehead atoms. The number of fused-ring (bicyclic) bond motifs is 1. The van der Waals surface area contributed by atoms with Crippen LogP contribution in [0.3, 0.4) is 0 Å². The van der Waals surface area contributed by atoms with E-state index >= 15 is 0 Å². The molecule has 2 nitrogen and oxygen atoms in total. The molecule has 2 heteroatoms. The Labute approximate surface area is 116 Å². The number of nitrogens with zero attached hydrogens (tertiary/aromatic N) is 1. The molecule has 1 aliphatic carbocycles. The van der Waals surface area contributed by atoms with Crippen molar-refractivity contribution in [2.75, 3.05) is 14.2 Å². The molecule has 1 aliphatic heterocycles. The molecule has 0 N–H and O–H groups in total. The highest BCUT2D eigenvalue weighted by Gasteiger charge is 2.36. The molecule has 0 spiro atoms. The minimum atomic E-state index is 0.578. The first-order valence-electron chi connectivity index (χ1n) is 7.65. The van der Waals surface area contributed by atoms with Gasteiger partial charge in [-0.2, -0.15) is 0 Å². The lowest BCUT2D eigenvalue weighted by molar-refractivity contribution is 0.0363. The molecule has 2 aliphatic rings. The van der Waals surface area contributed by atoms with Crippen LogP contribution < -0.4 is 4.74 Å². The van der Waals surface area contributed by atoms with Crippen molar-refractivity contribution in [3.8, 4) is 5.75 Å². The van der Waals surface area contributed by atoms with Crippen molar-refractivity contribution in [1.29, 1.82) is 0 Å². The Kier molecular flexibility index (Phi) is 3.79. The third kappa shape index (κ3) is 2.51. The summed E-state index contributed by atoms with van der Waals surface area (Å²) >= 11 is 0. The maximum Gasteiger partial charge on any atom is 0.119 e. The number of rotatable bonds is 2. The van der Waals surface area contributed by atoms with Crippen molar-refractivity contribution < 1.29 is 4.74 Å². The van der Waals surface area contributed by atoms with Crippen LogP contribution in [0.5, 0.6) is 5.75 Å². The van der Waals surface area contributed by atoms with Gasteiger partial charge in [0.15, 0.2) is 0 Å². The standard InChI is InChI=1S/C17H25NO/c1-18-16-9-4-3-6-13(16)10-11-17(18)14-7-5-8-15(12-14)19-2/h5,7-8,12-13,16-17H,3-4,6,9-11H2,1-2H3. The Bertz CT molecular complexity index is 431. The van der Waals surface area contributed by atoms with Gasteiger partial charge >= 0.3 is 0 Å². The molecule has 3 atom stereocenters. The summed E-state index contributed by atoms with van der Waals surface area (Å²) in [7, 11) is 4.08. The smallest absolute Gasteiger partial charge is 0.119 e. The van der Waals surface area contributed by atoms with Crippen molar-refractivity contribution >= 4 is 0 Å². The fourth-order valence-electron chi connectivity index (χ4n) is 4.12. The Morgan fingerprint density at radius 3 is 2.79 bits per heavy atom. The minimum absolute atomic E-state index is 0.578. The predicted octanol–water partition coefficient (Wildman–Crippen LogP) is 4.02. The van der Waals surface area contributed by atoms with Crippen LogP contribution in [0.4, 0.5) is 0 Å². The lowest BCUT2D eigenvalue weighted by atomic mass is 9.75. The third-order valence-corrected chi connectivity index (χ3v) is 5.17. The van der Waals surface area contributed by atoms with Gasteiger partial charge in [-0.3, -0.25) is 4.90 Å². The fourth-order valence-corrected chi connectivity index (χ4v) is 4.12. The zero-order valence-electron chi connectivity index (χ0n) is 12.1. The number of hydrogen-bond donors (Lipinski definition) is 0. The molecule has 0 radical (unpaired) electrons. The molecule has 1 aromatic carbocycles. The molecule has 0 aromatic heterocycles. The van der Waals surface area contributed by atoms with Crippen LogP contribution in [0.15, 0.2) is 24.3 Å². The first kappa shape index (κ1) is 13.0. The van der Waals surface area contributed by atoms with E-state index in [-0.39, 0.29) is 0 Å². The molecule has 1 saturated heterocycles. The summed E-state index contributed by atoms with van der Waals surface area (Å²) in [4.78, 5) is 2.64. The summed E-state index contributed by atoms with van der Waals surface area (Å²) in [6.45, 7) is 0. The lowest BCUT2D eigenvalue weighted by Gasteiger charge is -2.47. The Morgan fingerprint density at radius 2 is 1.95 bits per heavy atom. The lowest BCUT2D eigenvalue weighted by Crippen LogP contribution is -2.46. The van der Waals surface area contributed by atoms with Crippen molar-refractivity contribution in [1.82, 2.24) is 4.90 Å². The quantitative estimate of drug-likeness (QED) is 0.795. The summed E-state index contributed by atoms with van der Waals surface area (Å²) in [5, 5.41) is 0. The van der Waals surface area contributed by atoms with Crippen LogP contribution in [0.1, 0.15) is 50.1 Å². The number of ether oxygens (including phenoxy) is 1. The van der Waals surface area contributed by atoms with Gasteiger partial charge < -0.3 is 4.74 Å². The van der Waals surface area contributed by atoms with Gasteiger partial charge in [0.2, 0.25) is 0 Å². The van der Waals surface area contributed by atoms with Gasteiger partial charge in [0.05, 0.1) is 7.11 Å². The normalized spacial score (nSPS) is 31.8. The Hall–Kier alpha value is -1.02. The van der Waals surface area contributed by atoms with Crippen LogP contribution in [-0.2, 0) is 0 Å². The van der Waals surface area contributed by atoms with E-state index < -0.39 is 0 Å². The van der Waals surface area contributed by atoms with Crippen LogP contribution in [-0.4, -0.2) is 25.1 Å². The number of piperidine rings is 1. The molecule has 3 rings (SSSR count).